The number of hydrogen-bond donors (Lipinski definition) is 1. The third-order valence-electron chi connectivity index (χ3n) is 3.19. The maximum absolute atomic E-state index is 13.1. The number of rotatable bonds is 2. The Morgan fingerprint density at radius 1 is 1.35 bits per heavy atom. The quantitative estimate of drug-likeness (QED) is 0.837. The maximum Gasteiger partial charge on any atom is 0.270 e. The molecule has 0 amide bonds. The van der Waals surface area contributed by atoms with Crippen LogP contribution >= 0.6 is 11.6 Å². The van der Waals surface area contributed by atoms with Gasteiger partial charge in [-0.25, -0.2) is 8.78 Å². The van der Waals surface area contributed by atoms with Gasteiger partial charge in [0.2, 0.25) is 0 Å². The van der Waals surface area contributed by atoms with Crippen molar-refractivity contribution in [2.24, 2.45) is 0 Å². The minimum absolute atomic E-state index is 0.0259. The zero-order chi connectivity index (χ0) is 12.5. The summed E-state index contributed by atoms with van der Waals surface area (Å²) in [6.07, 6.45) is 3.33. The SMILES string of the molecule is CC(F)(F)c1ccc(C2CCCCN2)c(Cl)c1. The third-order valence-corrected chi connectivity index (χ3v) is 3.52. The van der Waals surface area contributed by atoms with Gasteiger partial charge in [-0.1, -0.05) is 30.2 Å². The molecule has 1 aromatic rings. The van der Waals surface area contributed by atoms with Gasteiger partial charge < -0.3 is 5.32 Å². The lowest BCUT2D eigenvalue weighted by atomic mass is 9.96. The van der Waals surface area contributed by atoms with Gasteiger partial charge in [-0.15, -0.1) is 0 Å². The van der Waals surface area contributed by atoms with Crippen molar-refractivity contribution in [3.8, 4) is 0 Å². The Bertz CT molecular complexity index is 395. The van der Waals surface area contributed by atoms with Crippen LogP contribution in [0, 0.1) is 0 Å². The molecule has 0 radical (unpaired) electrons. The molecule has 94 valence electrons. The lowest BCUT2D eigenvalue weighted by molar-refractivity contribution is 0.0174. The van der Waals surface area contributed by atoms with Crippen LogP contribution in [0.5, 0.6) is 0 Å². The maximum atomic E-state index is 13.1. The molecule has 4 heteroatoms. The fraction of sp³-hybridized carbons (Fsp3) is 0.538. The molecule has 1 nitrogen and oxygen atoms in total. The normalized spacial score (nSPS) is 21.5. The van der Waals surface area contributed by atoms with Gasteiger partial charge in [0.15, 0.2) is 0 Å². The first kappa shape index (κ1) is 12.8. The molecule has 0 spiro atoms. The molecule has 0 aliphatic carbocycles. The third kappa shape index (κ3) is 2.96. The largest absolute Gasteiger partial charge is 0.310 e. The van der Waals surface area contributed by atoms with Gasteiger partial charge in [0.25, 0.3) is 5.92 Å². The van der Waals surface area contributed by atoms with Crippen molar-refractivity contribution in [3.63, 3.8) is 0 Å². The second kappa shape index (κ2) is 4.91. The van der Waals surface area contributed by atoms with E-state index in [0.717, 1.165) is 31.9 Å². The van der Waals surface area contributed by atoms with E-state index in [-0.39, 0.29) is 11.6 Å². The average Bonchev–Trinajstić information content (AvgIpc) is 2.29. The standard InChI is InChI=1S/C13H16ClF2N/c1-13(15,16)9-5-6-10(11(14)8-9)12-4-2-3-7-17-12/h5-6,8,12,17H,2-4,7H2,1H3. The number of nitrogens with one attached hydrogen (secondary N) is 1. The zero-order valence-corrected chi connectivity index (χ0v) is 10.5. The first-order chi connectivity index (χ1) is 7.98. The Hall–Kier alpha value is -0.670. The highest BCUT2D eigenvalue weighted by Gasteiger charge is 2.26. The molecule has 1 heterocycles. The molecule has 2 rings (SSSR count). The van der Waals surface area contributed by atoms with E-state index >= 15 is 0 Å². The molecule has 1 atom stereocenters. The number of piperidine rings is 1. The number of alkyl halides is 2. The molecular formula is C13H16ClF2N. The van der Waals surface area contributed by atoms with Crippen molar-refractivity contribution in [1.29, 1.82) is 0 Å². The summed E-state index contributed by atoms with van der Waals surface area (Å²) in [4.78, 5) is 0. The minimum Gasteiger partial charge on any atom is -0.310 e. The Morgan fingerprint density at radius 3 is 2.65 bits per heavy atom. The summed E-state index contributed by atoms with van der Waals surface area (Å²) in [6, 6.07) is 4.78. The van der Waals surface area contributed by atoms with Crippen molar-refractivity contribution < 1.29 is 8.78 Å². The van der Waals surface area contributed by atoms with Crippen LogP contribution in [0.2, 0.25) is 5.02 Å². The van der Waals surface area contributed by atoms with Crippen LogP contribution in [-0.2, 0) is 5.92 Å². The second-order valence-corrected chi connectivity index (χ2v) is 5.03. The topological polar surface area (TPSA) is 12.0 Å². The predicted octanol–water partition coefficient (Wildman–Crippen LogP) is 4.27. The number of hydrogen-bond acceptors (Lipinski definition) is 1. The van der Waals surface area contributed by atoms with Gasteiger partial charge in [0.1, 0.15) is 0 Å². The predicted molar refractivity (Wildman–Crippen MR) is 65.6 cm³/mol. The number of benzene rings is 1. The van der Waals surface area contributed by atoms with Crippen molar-refractivity contribution in [2.75, 3.05) is 6.54 Å². The van der Waals surface area contributed by atoms with Gasteiger partial charge in [0, 0.05) is 23.6 Å². The second-order valence-electron chi connectivity index (χ2n) is 4.63. The number of halogens is 3. The summed E-state index contributed by atoms with van der Waals surface area (Å²) in [5, 5.41) is 3.80. The average molecular weight is 260 g/mol. The summed E-state index contributed by atoms with van der Waals surface area (Å²) in [5.74, 6) is -2.83. The van der Waals surface area contributed by atoms with E-state index < -0.39 is 5.92 Å². The van der Waals surface area contributed by atoms with Gasteiger partial charge in [-0.3, -0.25) is 0 Å². The zero-order valence-electron chi connectivity index (χ0n) is 9.77. The van der Waals surface area contributed by atoms with Gasteiger partial charge in [-0.05, 0) is 31.0 Å². The lowest BCUT2D eigenvalue weighted by Crippen LogP contribution is -2.27. The Morgan fingerprint density at radius 2 is 2.12 bits per heavy atom. The van der Waals surface area contributed by atoms with Crippen LogP contribution in [0.3, 0.4) is 0 Å². The van der Waals surface area contributed by atoms with E-state index in [1.54, 1.807) is 6.07 Å². The fourth-order valence-corrected chi connectivity index (χ4v) is 2.51. The molecule has 1 fully saturated rings. The van der Waals surface area contributed by atoms with E-state index in [2.05, 4.69) is 5.32 Å². The van der Waals surface area contributed by atoms with Crippen LogP contribution < -0.4 is 5.32 Å². The van der Waals surface area contributed by atoms with Crippen molar-refractivity contribution in [3.05, 3.63) is 34.3 Å². The monoisotopic (exact) mass is 259 g/mol. The summed E-state index contributed by atoms with van der Waals surface area (Å²) < 4.78 is 26.3. The summed E-state index contributed by atoms with van der Waals surface area (Å²) in [7, 11) is 0. The van der Waals surface area contributed by atoms with Crippen LogP contribution in [-0.4, -0.2) is 6.54 Å². The van der Waals surface area contributed by atoms with Crippen LogP contribution in [0.25, 0.3) is 0 Å². The van der Waals surface area contributed by atoms with Gasteiger partial charge in [-0.2, -0.15) is 0 Å². The first-order valence-corrected chi connectivity index (χ1v) is 6.27. The molecule has 1 unspecified atom stereocenters. The fourth-order valence-electron chi connectivity index (χ4n) is 2.20. The Balaban J connectivity index is 2.25. The molecule has 0 bridgehead atoms. The highest BCUT2D eigenvalue weighted by atomic mass is 35.5. The van der Waals surface area contributed by atoms with Gasteiger partial charge in [0.05, 0.1) is 0 Å². The molecule has 1 aromatic carbocycles. The van der Waals surface area contributed by atoms with Gasteiger partial charge >= 0.3 is 0 Å². The van der Waals surface area contributed by atoms with Crippen LogP contribution in [0.1, 0.15) is 43.4 Å². The molecule has 0 aromatic heterocycles. The first-order valence-electron chi connectivity index (χ1n) is 5.89. The van der Waals surface area contributed by atoms with E-state index in [9.17, 15) is 8.78 Å². The Kier molecular flexibility index (Phi) is 3.69. The Labute approximate surface area is 105 Å². The minimum atomic E-state index is -2.83. The molecule has 1 aliphatic rings. The van der Waals surface area contributed by atoms with E-state index in [0.29, 0.717) is 5.02 Å². The highest BCUT2D eigenvalue weighted by molar-refractivity contribution is 6.31. The molecule has 17 heavy (non-hydrogen) atoms. The molecule has 1 aliphatic heterocycles. The van der Waals surface area contributed by atoms with Crippen LogP contribution in [0.15, 0.2) is 18.2 Å². The van der Waals surface area contributed by atoms with Crippen molar-refractivity contribution in [2.45, 2.75) is 38.2 Å². The van der Waals surface area contributed by atoms with E-state index in [1.807, 2.05) is 0 Å². The summed E-state index contributed by atoms with van der Waals surface area (Å²) >= 11 is 6.10. The molecule has 0 saturated carbocycles. The van der Waals surface area contributed by atoms with E-state index in [1.165, 1.54) is 18.6 Å². The van der Waals surface area contributed by atoms with Crippen molar-refractivity contribution in [1.82, 2.24) is 5.32 Å². The smallest absolute Gasteiger partial charge is 0.270 e. The lowest BCUT2D eigenvalue weighted by Gasteiger charge is -2.25. The molecule has 1 N–H and O–H groups in total. The summed E-state index contributed by atoms with van der Waals surface area (Å²) in [6.45, 7) is 1.85. The van der Waals surface area contributed by atoms with E-state index in [4.69, 9.17) is 11.6 Å². The summed E-state index contributed by atoms with van der Waals surface area (Å²) in [5.41, 5.74) is 0.904. The van der Waals surface area contributed by atoms with Crippen LogP contribution in [0.4, 0.5) is 8.78 Å². The molecule has 1 saturated heterocycles. The highest BCUT2D eigenvalue weighted by Crippen LogP contribution is 2.34. The molecular weight excluding hydrogens is 244 g/mol. The van der Waals surface area contributed by atoms with Crippen molar-refractivity contribution >= 4 is 11.6 Å².